The molecule has 0 radical (unpaired) electrons. The number of fused-ring (bicyclic) bond motifs is 1. The van der Waals surface area contributed by atoms with Gasteiger partial charge in [-0.1, -0.05) is 42.5 Å². The Morgan fingerprint density at radius 2 is 1.60 bits per heavy atom. The first-order chi connectivity index (χ1) is 12.2. The van der Waals surface area contributed by atoms with Gasteiger partial charge in [0.15, 0.2) is 0 Å². The first-order valence-electron chi connectivity index (χ1n) is 8.36. The van der Waals surface area contributed by atoms with Gasteiger partial charge in [0, 0.05) is 6.20 Å². The normalized spacial score (nSPS) is 11.4. The third-order valence-electron chi connectivity index (χ3n) is 4.40. The Bertz CT molecular complexity index is 1050. The molecule has 0 bridgehead atoms. The lowest BCUT2D eigenvalue weighted by Gasteiger charge is -2.07. The van der Waals surface area contributed by atoms with Gasteiger partial charge in [0.05, 0.1) is 11.0 Å². The minimum Gasteiger partial charge on any atom is -0.277 e. The zero-order chi connectivity index (χ0) is 17.2. The molecule has 0 saturated carbocycles. The summed E-state index contributed by atoms with van der Waals surface area (Å²) in [5.74, 6) is 1.75. The highest BCUT2D eigenvalue weighted by Gasteiger charge is 2.12. The molecule has 122 valence electrons. The van der Waals surface area contributed by atoms with Crippen LogP contribution in [0.25, 0.3) is 29.0 Å². The molecule has 2 aromatic carbocycles. The molecule has 0 unspecified atom stereocenters. The molecule has 0 amide bonds. The van der Waals surface area contributed by atoms with E-state index in [0.717, 1.165) is 28.2 Å². The minimum absolute atomic E-state index is 0.876. The molecule has 0 fully saturated rings. The van der Waals surface area contributed by atoms with Gasteiger partial charge in [-0.3, -0.25) is 4.57 Å². The van der Waals surface area contributed by atoms with E-state index in [1.165, 1.54) is 11.1 Å². The predicted octanol–water partition coefficient (Wildman–Crippen LogP) is 5.21. The summed E-state index contributed by atoms with van der Waals surface area (Å²) in [4.78, 5) is 9.37. The number of hydrogen-bond donors (Lipinski definition) is 0. The van der Waals surface area contributed by atoms with Gasteiger partial charge >= 0.3 is 0 Å². The van der Waals surface area contributed by atoms with Crippen LogP contribution in [0.15, 0.2) is 66.9 Å². The summed E-state index contributed by atoms with van der Waals surface area (Å²) in [5, 5.41) is 0. The first-order valence-corrected chi connectivity index (χ1v) is 8.36. The van der Waals surface area contributed by atoms with Crippen molar-refractivity contribution in [2.45, 2.75) is 13.8 Å². The molecule has 4 aromatic rings. The lowest BCUT2D eigenvalue weighted by Crippen LogP contribution is -1.99. The first kappa shape index (κ1) is 15.3. The maximum atomic E-state index is 4.84. The van der Waals surface area contributed by atoms with Crippen molar-refractivity contribution in [2.75, 3.05) is 0 Å². The molecule has 2 heterocycles. The average molecular weight is 325 g/mol. The summed E-state index contributed by atoms with van der Waals surface area (Å²) in [5.41, 5.74) is 5.71. The molecule has 0 aliphatic heterocycles. The number of rotatable bonds is 3. The molecule has 0 N–H and O–H groups in total. The van der Waals surface area contributed by atoms with Crippen molar-refractivity contribution in [3.8, 4) is 5.82 Å². The van der Waals surface area contributed by atoms with Gasteiger partial charge in [0.1, 0.15) is 11.6 Å². The smallest absolute Gasteiger partial charge is 0.139 e. The molecule has 0 saturated heterocycles. The molecule has 0 atom stereocenters. The van der Waals surface area contributed by atoms with Crippen LogP contribution in [0.1, 0.15) is 22.5 Å². The van der Waals surface area contributed by atoms with E-state index in [1.807, 2.05) is 42.6 Å². The maximum absolute atomic E-state index is 4.84. The molecule has 3 nitrogen and oxygen atoms in total. The van der Waals surface area contributed by atoms with Crippen LogP contribution in [0.4, 0.5) is 0 Å². The molecular weight excluding hydrogens is 306 g/mol. The highest BCUT2D eigenvalue weighted by atomic mass is 15.1. The topological polar surface area (TPSA) is 30.7 Å². The fourth-order valence-electron chi connectivity index (χ4n) is 2.92. The summed E-state index contributed by atoms with van der Waals surface area (Å²) in [6, 6.07) is 20.5. The number of imidazole rings is 1. The fourth-order valence-corrected chi connectivity index (χ4v) is 2.92. The van der Waals surface area contributed by atoms with Crippen molar-refractivity contribution in [1.82, 2.24) is 14.5 Å². The Morgan fingerprint density at radius 1 is 0.840 bits per heavy atom. The molecule has 0 aliphatic carbocycles. The van der Waals surface area contributed by atoms with Gasteiger partial charge in [-0.15, -0.1) is 0 Å². The van der Waals surface area contributed by atoms with E-state index < -0.39 is 0 Å². The van der Waals surface area contributed by atoms with Gasteiger partial charge in [-0.2, -0.15) is 0 Å². The third kappa shape index (κ3) is 2.96. The molecule has 3 heteroatoms. The Hall–Kier alpha value is -3.20. The summed E-state index contributed by atoms with van der Waals surface area (Å²) in [6.45, 7) is 4.25. The largest absolute Gasteiger partial charge is 0.277 e. The van der Waals surface area contributed by atoms with Crippen molar-refractivity contribution in [2.24, 2.45) is 0 Å². The van der Waals surface area contributed by atoms with Gasteiger partial charge in [-0.25, -0.2) is 9.97 Å². The van der Waals surface area contributed by atoms with Crippen molar-refractivity contribution >= 4 is 23.2 Å². The van der Waals surface area contributed by atoms with E-state index in [2.05, 4.69) is 59.8 Å². The maximum Gasteiger partial charge on any atom is 0.139 e. The number of hydrogen-bond acceptors (Lipinski definition) is 2. The molecule has 25 heavy (non-hydrogen) atoms. The standard InChI is InChI=1S/C22H19N3/c1-16-14-19-20(15-17(16)2)25(21-10-6-7-13-23-21)22(24-19)12-11-18-8-4-3-5-9-18/h3-15H,1-2H3. The van der Waals surface area contributed by atoms with Gasteiger partial charge in [0.25, 0.3) is 0 Å². The summed E-state index contributed by atoms with van der Waals surface area (Å²) < 4.78 is 2.11. The Morgan fingerprint density at radius 3 is 2.36 bits per heavy atom. The van der Waals surface area contributed by atoms with Crippen LogP contribution in [0.5, 0.6) is 0 Å². The minimum atomic E-state index is 0.876. The van der Waals surface area contributed by atoms with Gasteiger partial charge < -0.3 is 0 Å². The molecule has 0 aliphatic rings. The molecule has 4 rings (SSSR count). The SMILES string of the molecule is Cc1cc2nc(C=Cc3ccccc3)n(-c3ccccn3)c2cc1C. The molecular formula is C22H19N3. The van der Waals surface area contributed by atoms with Crippen LogP contribution >= 0.6 is 0 Å². The van der Waals surface area contributed by atoms with Crippen LogP contribution in [0, 0.1) is 13.8 Å². The van der Waals surface area contributed by atoms with E-state index in [1.54, 1.807) is 0 Å². The molecule has 2 aromatic heterocycles. The van der Waals surface area contributed by atoms with E-state index in [9.17, 15) is 0 Å². The predicted molar refractivity (Wildman–Crippen MR) is 104 cm³/mol. The number of pyridine rings is 1. The number of aromatic nitrogens is 3. The van der Waals surface area contributed by atoms with Crippen molar-refractivity contribution in [3.63, 3.8) is 0 Å². The van der Waals surface area contributed by atoms with E-state index in [4.69, 9.17) is 4.98 Å². The highest BCUT2D eigenvalue weighted by molar-refractivity contribution is 5.83. The number of benzene rings is 2. The van der Waals surface area contributed by atoms with Crippen LogP contribution in [0.3, 0.4) is 0 Å². The van der Waals surface area contributed by atoms with E-state index >= 15 is 0 Å². The van der Waals surface area contributed by atoms with Crippen LogP contribution in [-0.4, -0.2) is 14.5 Å². The summed E-state index contributed by atoms with van der Waals surface area (Å²) >= 11 is 0. The lowest BCUT2D eigenvalue weighted by molar-refractivity contribution is 1.00. The van der Waals surface area contributed by atoms with Crippen molar-refractivity contribution in [1.29, 1.82) is 0 Å². The third-order valence-corrected chi connectivity index (χ3v) is 4.40. The lowest BCUT2D eigenvalue weighted by atomic mass is 10.1. The van der Waals surface area contributed by atoms with E-state index in [-0.39, 0.29) is 0 Å². The second-order valence-electron chi connectivity index (χ2n) is 6.16. The summed E-state index contributed by atoms with van der Waals surface area (Å²) in [6.07, 6.45) is 5.95. The van der Waals surface area contributed by atoms with Gasteiger partial charge in [0.2, 0.25) is 0 Å². The van der Waals surface area contributed by atoms with Crippen LogP contribution in [-0.2, 0) is 0 Å². The quantitative estimate of drug-likeness (QED) is 0.518. The Labute approximate surface area is 147 Å². The molecule has 0 spiro atoms. The second kappa shape index (κ2) is 6.36. The zero-order valence-electron chi connectivity index (χ0n) is 14.3. The van der Waals surface area contributed by atoms with Crippen molar-refractivity contribution < 1.29 is 0 Å². The Kier molecular flexibility index (Phi) is 3.90. The van der Waals surface area contributed by atoms with E-state index in [0.29, 0.717) is 0 Å². The zero-order valence-corrected chi connectivity index (χ0v) is 14.3. The fraction of sp³-hybridized carbons (Fsp3) is 0.0909. The average Bonchev–Trinajstić information content (AvgIpc) is 2.99. The van der Waals surface area contributed by atoms with Crippen LogP contribution in [0.2, 0.25) is 0 Å². The second-order valence-corrected chi connectivity index (χ2v) is 6.16. The monoisotopic (exact) mass is 325 g/mol. The number of aryl methyl sites for hydroxylation is 2. The number of nitrogens with zero attached hydrogens (tertiary/aromatic N) is 3. The van der Waals surface area contributed by atoms with Gasteiger partial charge in [-0.05, 0) is 60.9 Å². The Balaban J connectivity index is 1.92. The highest BCUT2D eigenvalue weighted by Crippen LogP contribution is 2.24. The summed E-state index contributed by atoms with van der Waals surface area (Å²) in [7, 11) is 0. The van der Waals surface area contributed by atoms with Crippen molar-refractivity contribution in [3.05, 3.63) is 89.4 Å². The van der Waals surface area contributed by atoms with Crippen LogP contribution < -0.4 is 0 Å².